The Bertz CT molecular complexity index is 728. The Morgan fingerprint density at radius 1 is 1.08 bits per heavy atom. The number of piperazine rings is 1. The highest BCUT2D eigenvalue weighted by molar-refractivity contribution is 14.1. The average molecular weight is 457 g/mol. The number of ether oxygens (including phenoxy) is 1. The number of carbonyl (C=O) groups excluding carboxylic acids is 1. The molecule has 3 rings (SSSR count). The van der Waals surface area contributed by atoms with Crippen LogP contribution in [0.1, 0.15) is 10.4 Å². The number of amides is 1. The molecule has 1 amide bonds. The van der Waals surface area contributed by atoms with Crippen LogP contribution in [0.2, 0.25) is 5.02 Å². The van der Waals surface area contributed by atoms with Crippen molar-refractivity contribution < 1.29 is 9.53 Å². The minimum absolute atomic E-state index is 0.0685. The van der Waals surface area contributed by atoms with Crippen molar-refractivity contribution in [3.63, 3.8) is 0 Å². The number of hydrogen-bond acceptors (Lipinski definition) is 3. The van der Waals surface area contributed by atoms with Gasteiger partial charge in [-0.1, -0.05) is 11.6 Å². The molecule has 0 unspecified atom stereocenters. The van der Waals surface area contributed by atoms with Gasteiger partial charge < -0.3 is 14.5 Å². The second-order valence-electron chi connectivity index (χ2n) is 5.61. The van der Waals surface area contributed by atoms with Crippen LogP contribution in [-0.4, -0.2) is 44.1 Å². The molecule has 0 N–H and O–H groups in total. The van der Waals surface area contributed by atoms with E-state index < -0.39 is 0 Å². The first-order valence-electron chi connectivity index (χ1n) is 7.72. The van der Waals surface area contributed by atoms with Crippen LogP contribution in [0.25, 0.3) is 0 Å². The Morgan fingerprint density at radius 3 is 2.33 bits per heavy atom. The Hall–Kier alpha value is -1.47. The van der Waals surface area contributed by atoms with Gasteiger partial charge in [-0.3, -0.25) is 4.79 Å². The molecule has 0 spiro atoms. The normalized spacial score (nSPS) is 14.6. The van der Waals surface area contributed by atoms with E-state index >= 15 is 0 Å². The number of nitrogens with zero attached hydrogens (tertiary/aromatic N) is 2. The van der Waals surface area contributed by atoms with Crippen molar-refractivity contribution in [3.05, 3.63) is 56.6 Å². The van der Waals surface area contributed by atoms with Crippen LogP contribution in [-0.2, 0) is 0 Å². The maximum absolute atomic E-state index is 12.6. The molecule has 1 aliphatic rings. The third-order valence-corrected chi connectivity index (χ3v) is 5.71. The van der Waals surface area contributed by atoms with Crippen molar-refractivity contribution in [3.8, 4) is 5.75 Å². The van der Waals surface area contributed by atoms with Crippen molar-refractivity contribution in [2.75, 3.05) is 38.2 Å². The molecule has 1 saturated heterocycles. The van der Waals surface area contributed by atoms with Crippen LogP contribution in [0.3, 0.4) is 0 Å². The fourth-order valence-corrected chi connectivity index (χ4v) is 3.41. The van der Waals surface area contributed by atoms with Crippen molar-refractivity contribution >= 4 is 45.8 Å². The van der Waals surface area contributed by atoms with Gasteiger partial charge >= 0.3 is 0 Å². The second-order valence-corrected chi connectivity index (χ2v) is 7.18. The van der Waals surface area contributed by atoms with Gasteiger partial charge in [0.2, 0.25) is 0 Å². The lowest BCUT2D eigenvalue weighted by Gasteiger charge is -2.36. The first kappa shape index (κ1) is 17.4. The van der Waals surface area contributed by atoms with Crippen LogP contribution in [0.5, 0.6) is 5.75 Å². The van der Waals surface area contributed by atoms with Crippen LogP contribution in [0, 0.1) is 3.57 Å². The van der Waals surface area contributed by atoms with E-state index in [1.54, 1.807) is 19.2 Å². The summed E-state index contributed by atoms with van der Waals surface area (Å²) in [6.45, 7) is 3.07. The summed E-state index contributed by atoms with van der Waals surface area (Å²) in [6, 6.07) is 13.5. The summed E-state index contributed by atoms with van der Waals surface area (Å²) in [5, 5.41) is 0.677. The number of hydrogen-bond donors (Lipinski definition) is 0. The summed E-state index contributed by atoms with van der Waals surface area (Å²) in [6.07, 6.45) is 0. The molecular formula is C18H18ClIN2O2. The SMILES string of the molecule is COc1ccc(N2CCN(C(=O)c3ccc(Cl)c(I)c3)CC2)cc1. The summed E-state index contributed by atoms with van der Waals surface area (Å²) in [5.41, 5.74) is 1.85. The monoisotopic (exact) mass is 456 g/mol. The molecule has 1 heterocycles. The number of halogens is 2. The Kier molecular flexibility index (Phi) is 5.50. The maximum atomic E-state index is 12.6. The summed E-state index contributed by atoms with van der Waals surface area (Å²) in [4.78, 5) is 16.8. The number of methoxy groups -OCH3 is 1. The highest BCUT2D eigenvalue weighted by Crippen LogP contribution is 2.23. The number of carbonyl (C=O) groups is 1. The summed E-state index contributed by atoms with van der Waals surface area (Å²) < 4.78 is 6.09. The third-order valence-electron chi connectivity index (χ3n) is 4.17. The van der Waals surface area contributed by atoms with Gasteiger partial charge in [0.15, 0.2) is 0 Å². The van der Waals surface area contributed by atoms with Crippen molar-refractivity contribution in [1.29, 1.82) is 0 Å². The van der Waals surface area contributed by atoms with E-state index in [9.17, 15) is 4.79 Å². The molecule has 2 aromatic carbocycles. The quantitative estimate of drug-likeness (QED) is 0.657. The molecule has 0 atom stereocenters. The molecule has 2 aromatic rings. The summed E-state index contributed by atoms with van der Waals surface area (Å²) >= 11 is 8.18. The average Bonchev–Trinajstić information content (AvgIpc) is 2.63. The third kappa shape index (κ3) is 3.78. The van der Waals surface area contributed by atoms with E-state index in [4.69, 9.17) is 16.3 Å². The van der Waals surface area contributed by atoms with E-state index in [1.165, 1.54) is 0 Å². The topological polar surface area (TPSA) is 32.8 Å². The smallest absolute Gasteiger partial charge is 0.254 e. The number of rotatable bonds is 3. The zero-order valence-electron chi connectivity index (χ0n) is 13.3. The minimum atomic E-state index is 0.0685. The number of anilines is 1. The van der Waals surface area contributed by atoms with Gasteiger partial charge in [-0.25, -0.2) is 0 Å². The molecule has 0 aromatic heterocycles. The van der Waals surface area contributed by atoms with Gasteiger partial charge in [-0.15, -0.1) is 0 Å². The zero-order valence-corrected chi connectivity index (χ0v) is 16.3. The van der Waals surface area contributed by atoms with Crippen LogP contribution in [0.15, 0.2) is 42.5 Å². The predicted octanol–water partition coefficient (Wildman–Crippen LogP) is 3.92. The molecular weight excluding hydrogens is 439 g/mol. The maximum Gasteiger partial charge on any atom is 0.254 e. The Morgan fingerprint density at radius 2 is 1.75 bits per heavy atom. The molecule has 6 heteroatoms. The van der Waals surface area contributed by atoms with Crippen LogP contribution in [0.4, 0.5) is 5.69 Å². The first-order valence-corrected chi connectivity index (χ1v) is 9.17. The molecule has 0 aliphatic carbocycles. The largest absolute Gasteiger partial charge is 0.497 e. The first-order chi connectivity index (χ1) is 11.6. The highest BCUT2D eigenvalue weighted by Gasteiger charge is 2.22. The van der Waals surface area contributed by atoms with Crippen molar-refractivity contribution in [2.45, 2.75) is 0 Å². The molecule has 0 saturated carbocycles. The highest BCUT2D eigenvalue weighted by atomic mass is 127. The fraction of sp³-hybridized carbons (Fsp3) is 0.278. The van der Waals surface area contributed by atoms with Gasteiger partial charge in [0.1, 0.15) is 5.75 Å². The van der Waals surface area contributed by atoms with E-state index in [1.807, 2.05) is 23.1 Å². The summed E-state index contributed by atoms with van der Waals surface area (Å²) in [7, 11) is 1.66. The second kappa shape index (κ2) is 7.61. The fourth-order valence-electron chi connectivity index (χ4n) is 2.77. The number of benzene rings is 2. The molecule has 4 nitrogen and oxygen atoms in total. The standard InChI is InChI=1S/C18H18ClIN2O2/c1-24-15-5-3-14(4-6-15)21-8-10-22(11-9-21)18(23)13-2-7-16(19)17(20)12-13/h2-7,12H,8-11H2,1H3. The van der Waals surface area contributed by atoms with Crippen LogP contribution < -0.4 is 9.64 Å². The Labute approximate surface area is 160 Å². The van der Waals surface area contributed by atoms with Crippen molar-refractivity contribution in [2.24, 2.45) is 0 Å². The molecule has 1 fully saturated rings. The van der Waals surface area contributed by atoms with Gasteiger partial charge in [0.25, 0.3) is 5.91 Å². The lowest BCUT2D eigenvalue weighted by Crippen LogP contribution is -2.48. The lowest BCUT2D eigenvalue weighted by atomic mass is 10.1. The Balaban J connectivity index is 1.63. The van der Waals surface area contributed by atoms with Crippen LogP contribution >= 0.6 is 34.2 Å². The van der Waals surface area contributed by atoms with Gasteiger partial charge in [-0.2, -0.15) is 0 Å². The molecule has 0 radical (unpaired) electrons. The van der Waals surface area contributed by atoms with Gasteiger partial charge in [0.05, 0.1) is 12.1 Å². The van der Waals surface area contributed by atoms with Gasteiger partial charge in [0, 0.05) is 41.0 Å². The lowest BCUT2D eigenvalue weighted by molar-refractivity contribution is 0.0746. The van der Waals surface area contributed by atoms with E-state index in [2.05, 4.69) is 39.6 Å². The van der Waals surface area contributed by atoms with Gasteiger partial charge in [-0.05, 0) is 65.1 Å². The van der Waals surface area contributed by atoms with E-state index in [0.717, 1.165) is 28.1 Å². The predicted molar refractivity (Wildman–Crippen MR) is 105 cm³/mol. The molecule has 24 heavy (non-hydrogen) atoms. The summed E-state index contributed by atoms with van der Waals surface area (Å²) in [5.74, 6) is 0.920. The van der Waals surface area contributed by atoms with E-state index in [0.29, 0.717) is 23.7 Å². The minimum Gasteiger partial charge on any atom is -0.497 e. The molecule has 1 aliphatic heterocycles. The molecule has 0 bridgehead atoms. The van der Waals surface area contributed by atoms with Crippen molar-refractivity contribution in [1.82, 2.24) is 4.90 Å². The van der Waals surface area contributed by atoms with E-state index in [-0.39, 0.29) is 5.91 Å². The zero-order chi connectivity index (χ0) is 17.1. The molecule has 126 valence electrons.